The van der Waals surface area contributed by atoms with Gasteiger partial charge >= 0.3 is 0 Å². The molecule has 0 saturated heterocycles. The highest BCUT2D eigenvalue weighted by molar-refractivity contribution is 6.08. The highest BCUT2D eigenvalue weighted by Crippen LogP contribution is 2.34. The molecule has 4 aromatic rings. The normalized spacial score (nSPS) is 16.5. The lowest BCUT2D eigenvalue weighted by Crippen LogP contribution is -2.11. The molecule has 1 heterocycles. The molecule has 1 unspecified atom stereocenters. The van der Waals surface area contributed by atoms with Crippen LogP contribution in [0.25, 0.3) is 21.5 Å². The van der Waals surface area contributed by atoms with E-state index in [1.165, 1.54) is 40.8 Å². The van der Waals surface area contributed by atoms with Crippen molar-refractivity contribution in [2.45, 2.75) is 26.2 Å². The van der Waals surface area contributed by atoms with Gasteiger partial charge in [0.15, 0.2) is 0 Å². The number of benzene rings is 3. The minimum absolute atomic E-state index is 0.824. The molecule has 1 nitrogen and oxygen atoms in total. The Morgan fingerprint density at radius 3 is 2.38 bits per heavy atom. The number of aryl methyl sites for hydroxylation is 1. The van der Waals surface area contributed by atoms with Crippen LogP contribution in [-0.2, 0) is 12.8 Å². The zero-order valence-corrected chi connectivity index (χ0v) is 14.0. The van der Waals surface area contributed by atoms with E-state index in [0.717, 1.165) is 5.92 Å². The smallest absolute Gasteiger partial charge is 0.0902 e. The van der Waals surface area contributed by atoms with E-state index in [1.54, 1.807) is 23.7 Å². The summed E-state index contributed by atoms with van der Waals surface area (Å²) in [5.41, 5.74) is 3.17. The first-order chi connectivity index (χ1) is 11.8. The van der Waals surface area contributed by atoms with E-state index in [0.29, 0.717) is 0 Å². The summed E-state index contributed by atoms with van der Waals surface area (Å²) in [4.78, 5) is 0. The Balaban J connectivity index is 0.000000252. The molecule has 24 heavy (non-hydrogen) atoms. The van der Waals surface area contributed by atoms with Gasteiger partial charge in [0.05, 0.1) is 12.5 Å². The van der Waals surface area contributed by atoms with Crippen molar-refractivity contribution >= 4 is 21.5 Å². The van der Waals surface area contributed by atoms with Crippen LogP contribution in [0.5, 0.6) is 0 Å². The van der Waals surface area contributed by atoms with Crippen LogP contribution in [0.2, 0.25) is 0 Å². The second kappa shape index (κ2) is 6.52. The fraction of sp³-hybridized carbons (Fsp3) is 0.217. The predicted octanol–water partition coefficient (Wildman–Crippen LogP) is 6.40. The fourth-order valence-electron chi connectivity index (χ4n) is 3.75. The third-order valence-corrected chi connectivity index (χ3v) is 5.02. The molecule has 1 atom stereocenters. The van der Waals surface area contributed by atoms with E-state index >= 15 is 0 Å². The molecular formula is C23H22O. The van der Waals surface area contributed by atoms with E-state index in [9.17, 15) is 0 Å². The molecule has 1 aliphatic carbocycles. The lowest BCUT2D eigenvalue weighted by Gasteiger charge is -2.23. The average Bonchev–Trinajstić information content (AvgIpc) is 3.21. The monoisotopic (exact) mass is 314 g/mol. The van der Waals surface area contributed by atoms with E-state index < -0.39 is 0 Å². The molecule has 0 N–H and O–H groups in total. The third-order valence-electron chi connectivity index (χ3n) is 5.02. The SMILES string of the molecule is CC1CCc2ccc3c(ccc4ccccc43)c2C1.c1ccoc1. The topological polar surface area (TPSA) is 13.1 Å². The summed E-state index contributed by atoms with van der Waals surface area (Å²) in [5.74, 6) is 0.824. The molecule has 1 aromatic heterocycles. The maximum atomic E-state index is 4.58. The quantitative estimate of drug-likeness (QED) is 0.342. The zero-order valence-electron chi connectivity index (χ0n) is 14.0. The van der Waals surface area contributed by atoms with Gasteiger partial charge in [-0.1, -0.05) is 55.5 Å². The molecule has 1 heteroatoms. The van der Waals surface area contributed by atoms with Gasteiger partial charge in [0, 0.05) is 0 Å². The van der Waals surface area contributed by atoms with Gasteiger partial charge in [-0.05, 0) is 70.0 Å². The molecule has 0 saturated carbocycles. The predicted molar refractivity (Wildman–Crippen MR) is 101 cm³/mol. The molecule has 1 aliphatic rings. The Morgan fingerprint density at radius 2 is 1.58 bits per heavy atom. The lowest BCUT2D eigenvalue weighted by atomic mass is 9.82. The average molecular weight is 314 g/mol. The molecule has 0 amide bonds. The molecule has 0 bridgehead atoms. The second-order valence-corrected chi connectivity index (χ2v) is 6.73. The number of hydrogen-bond donors (Lipinski definition) is 0. The highest BCUT2D eigenvalue weighted by atomic mass is 16.3. The Morgan fingerprint density at radius 1 is 0.792 bits per heavy atom. The molecule has 3 aromatic carbocycles. The minimum Gasteiger partial charge on any atom is -0.473 e. The molecule has 0 aliphatic heterocycles. The summed E-state index contributed by atoms with van der Waals surface area (Å²) in [6, 6.07) is 21.7. The third kappa shape index (κ3) is 2.82. The number of fused-ring (bicyclic) bond motifs is 5. The zero-order chi connectivity index (χ0) is 16.4. The molecule has 5 rings (SSSR count). The van der Waals surface area contributed by atoms with Crippen molar-refractivity contribution in [3.8, 4) is 0 Å². The van der Waals surface area contributed by atoms with Crippen LogP contribution in [0, 0.1) is 5.92 Å². The Hall–Kier alpha value is -2.54. The van der Waals surface area contributed by atoms with Gasteiger partial charge in [-0.3, -0.25) is 0 Å². The van der Waals surface area contributed by atoms with Gasteiger partial charge < -0.3 is 4.42 Å². The molecule has 120 valence electrons. The van der Waals surface area contributed by atoms with E-state index in [1.807, 2.05) is 12.1 Å². The van der Waals surface area contributed by atoms with Gasteiger partial charge in [0.25, 0.3) is 0 Å². The Labute approximate surface area is 142 Å². The molecule has 0 radical (unpaired) electrons. The maximum absolute atomic E-state index is 4.58. The van der Waals surface area contributed by atoms with E-state index in [-0.39, 0.29) is 0 Å². The summed E-state index contributed by atoms with van der Waals surface area (Å²) in [5, 5.41) is 5.63. The first-order valence-electron chi connectivity index (χ1n) is 8.72. The van der Waals surface area contributed by atoms with Gasteiger partial charge in [0.1, 0.15) is 0 Å². The van der Waals surface area contributed by atoms with Crippen molar-refractivity contribution < 1.29 is 4.42 Å². The molecule has 0 fully saturated rings. The van der Waals surface area contributed by atoms with Gasteiger partial charge in [-0.25, -0.2) is 0 Å². The van der Waals surface area contributed by atoms with Crippen molar-refractivity contribution in [1.82, 2.24) is 0 Å². The van der Waals surface area contributed by atoms with E-state index in [4.69, 9.17) is 0 Å². The van der Waals surface area contributed by atoms with Crippen LogP contribution < -0.4 is 0 Å². The van der Waals surface area contributed by atoms with E-state index in [2.05, 4.69) is 59.9 Å². The van der Waals surface area contributed by atoms with Crippen molar-refractivity contribution in [3.05, 3.63) is 84.3 Å². The summed E-state index contributed by atoms with van der Waals surface area (Å²) in [7, 11) is 0. The van der Waals surface area contributed by atoms with Crippen LogP contribution in [0.15, 0.2) is 77.6 Å². The lowest BCUT2D eigenvalue weighted by molar-refractivity contribution is 0.504. The standard InChI is InChI=1S/C19H18.C4H4O/c1-13-6-7-15-9-10-17-16-5-3-2-4-14(16)8-11-18(17)19(15)12-13;1-2-4-5-3-1/h2-5,8-11,13H,6-7,12H2,1H3;1-4H. The first kappa shape index (κ1) is 15.0. The first-order valence-corrected chi connectivity index (χ1v) is 8.72. The van der Waals surface area contributed by atoms with Crippen LogP contribution in [0.4, 0.5) is 0 Å². The van der Waals surface area contributed by atoms with Gasteiger partial charge in [-0.15, -0.1) is 0 Å². The molecule has 0 spiro atoms. The summed E-state index contributed by atoms with van der Waals surface area (Å²) in [6.45, 7) is 2.38. The van der Waals surface area contributed by atoms with Crippen LogP contribution in [-0.4, -0.2) is 0 Å². The van der Waals surface area contributed by atoms with Crippen molar-refractivity contribution in [2.75, 3.05) is 0 Å². The van der Waals surface area contributed by atoms with Crippen molar-refractivity contribution in [3.63, 3.8) is 0 Å². The number of rotatable bonds is 0. The number of hydrogen-bond acceptors (Lipinski definition) is 1. The summed E-state index contributed by atoms with van der Waals surface area (Å²) >= 11 is 0. The highest BCUT2D eigenvalue weighted by Gasteiger charge is 2.17. The fourth-order valence-corrected chi connectivity index (χ4v) is 3.75. The van der Waals surface area contributed by atoms with Crippen molar-refractivity contribution in [2.24, 2.45) is 5.92 Å². The van der Waals surface area contributed by atoms with Crippen LogP contribution in [0.1, 0.15) is 24.5 Å². The Kier molecular flexibility index (Phi) is 4.08. The minimum atomic E-state index is 0.824. The van der Waals surface area contributed by atoms with Crippen LogP contribution in [0.3, 0.4) is 0 Å². The summed E-state index contributed by atoms with van der Waals surface area (Å²) in [6.07, 6.45) is 7.08. The maximum Gasteiger partial charge on any atom is 0.0902 e. The Bertz CT molecular complexity index is 933. The molecular weight excluding hydrogens is 292 g/mol. The largest absolute Gasteiger partial charge is 0.473 e. The second-order valence-electron chi connectivity index (χ2n) is 6.73. The summed E-state index contributed by atoms with van der Waals surface area (Å²) < 4.78 is 4.58. The van der Waals surface area contributed by atoms with Crippen LogP contribution >= 0.6 is 0 Å². The van der Waals surface area contributed by atoms with Gasteiger partial charge in [-0.2, -0.15) is 0 Å². The van der Waals surface area contributed by atoms with Gasteiger partial charge in [0.2, 0.25) is 0 Å². The van der Waals surface area contributed by atoms with Crippen molar-refractivity contribution in [1.29, 1.82) is 0 Å². The number of furan rings is 1.